The van der Waals surface area contributed by atoms with Crippen molar-refractivity contribution in [1.82, 2.24) is 0 Å². The molecule has 0 amide bonds. The van der Waals surface area contributed by atoms with E-state index in [0.717, 1.165) is 6.07 Å². The van der Waals surface area contributed by atoms with E-state index in [1.807, 2.05) is 0 Å². The number of hydrogen-bond donors (Lipinski definition) is 0. The Balaban J connectivity index is 1.79. The van der Waals surface area contributed by atoms with E-state index >= 15 is 0 Å². The molecule has 2 aromatic carbocycles. The molecule has 0 unspecified atom stereocenters. The van der Waals surface area contributed by atoms with Gasteiger partial charge in [0.1, 0.15) is 6.61 Å². The van der Waals surface area contributed by atoms with E-state index in [9.17, 15) is 25.0 Å². The molecule has 0 aromatic heterocycles. The molecule has 25 heavy (non-hydrogen) atoms. The molecule has 0 bridgehead atoms. The van der Waals surface area contributed by atoms with Crippen LogP contribution in [0.1, 0.15) is 15.9 Å². The van der Waals surface area contributed by atoms with Gasteiger partial charge in [-0.05, 0) is 12.1 Å². The average Bonchev–Trinajstić information content (AvgIpc) is 3.06. The molecule has 1 aliphatic heterocycles. The first-order valence-corrected chi connectivity index (χ1v) is 6.94. The van der Waals surface area contributed by atoms with Crippen LogP contribution in [0.3, 0.4) is 0 Å². The van der Waals surface area contributed by atoms with E-state index in [-0.39, 0.29) is 35.0 Å². The summed E-state index contributed by atoms with van der Waals surface area (Å²) in [6, 6.07) is 7.55. The lowest BCUT2D eigenvalue weighted by molar-refractivity contribution is -0.385. The van der Waals surface area contributed by atoms with Gasteiger partial charge in [0.25, 0.3) is 11.4 Å². The van der Waals surface area contributed by atoms with Crippen LogP contribution < -0.4 is 9.47 Å². The standard InChI is InChI=1S/C15H10N2O8/c18-15(9-2-1-3-11(4-9)16(19)20)23-7-10-5-13-14(25-8-24-13)6-12(10)17(21)22/h1-6H,7-8H2. The number of fused-ring (bicyclic) bond motifs is 1. The molecule has 2 aromatic rings. The zero-order chi connectivity index (χ0) is 18.0. The maximum absolute atomic E-state index is 12.0. The Hall–Kier alpha value is -3.69. The van der Waals surface area contributed by atoms with Gasteiger partial charge in [0.05, 0.1) is 27.0 Å². The molecular weight excluding hydrogens is 336 g/mol. The van der Waals surface area contributed by atoms with Crippen LogP contribution in [0.4, 0.5) is 11.4 Å². The third kappa shape index (κ3) is 3.32. The highest BCUT2D eigenvalue weighted by molar-refractivity contribution is 5.90. The summed E-state index contributed by atoms with van der Waals surface area (Å²) in [5.41, 5.74) is -0.453. The molecule has 1 heterocycles. The van der Waals surface area contributed by atoms with Gasteiger partial charge < -0.3 is 14.2 Å². The van der Waals surface area contributed by atoms with Crippen LogP contribution in [0.5, 0.6) is 11.5 Å². The van der Waals surface area contributed by atoms with Crippen LogP contribution in [0, 0.1) is 20.2 Å². The third-order valence-corrected chi connectivity index (χ3v) is 3.42. The second-order valence-corrected chi connectivity index (χ2v) is 4.97. The van der Waals surface area contributed by atoms with Crippen LogP contribution >= 0.6 is 0 Å². The fraction of sp³-hybridized carbons (Fsp3) is 0.133. The number of carbonyl (C=O) groups excluding carboxylic acids is 1. The predicted octanol–water partition coefficient (Wildman–Crippen LogP) is 2.59. The van der Waals surface area contributed by atoms with E-state index in [0.29, 0.717) is 5.75 Å². The average molecular weight is 346 g/mol. The maximum atomic E-state index is 12.0. The van der Waals surface area contributed by atoms with Gasteiger partial charge in [-0.1, -0.05) is 6.07 Å². The molecule has 0 fully saturated rings. The molecule has 1 aliphatic rings. The number of hydrogen-bond acceptors (Lipinski definition) is 8. The number of non-ortho nitro benzene ring substituents is 1. The minimum Gasteiger partial charge on any atom is -0.457 e. The second kappa shape index (κ2) is 6.43. The molecule has 0 atom stereocenters. The van der Waals surface area contributed by atoms with Gasteiger partial charge in [-0.15, -0.1) is 0 Å². The Morgan fingerprint density at radius 1 is 1.08 bits per heavy atom. The van der Waals surface area contributed by atoms with E-state index in [1.54, 1.807) is 0 Å². The highest BCUT2D eigenvalue weighted by atomic mass is 16.7. The Morgan fingerprint density at radius 3 is 2.48 bits per heavy atom. The minimum atomic E-state index is -0.837. The number of benzene rings is 2. The van der Waals surface area contributed by atoms with Gasteiger partial charge >= 0.3 is 5.97 Å². The Morgan fingerprint density at radius 2 is 1.80 bits per heavy atom. The molecule has 0 saturated heterocycles. The summed E-state index contributed by atoms with van der Waals surface area (Å²) in [5, 5.41) is 21.9. The van der Waals surface area contributed by atoms with E-state index in [1.165, 1.54) is 30.3 Å². The van der Waals surface area contributed by atoms with E-state index in [4.69, 9.17) is 14.2 Å². The number of rotatable bonds is 5. The lowest BCUT2D eigenvalue weighted by atomic mass is 10.1. The van der Waals surface area contributed by atoms with Crippen molar-refractivity contribution in [2.24, 2.45) is 0 Å². The minimum absolute atomic E-state index is 0.0300. The maximum Gasteiger partial charge on any atom is 0.338 e. The van der Waals surface area contributed by atoms with Crippen molar-refractivity contribution in [3.63, 3.8) is 0 Å². The van der Waals surface area contributed by atoms with Crippen molar-refractivity contribution >= 4 is 17.3 Å². The normalized spacial score (nSPS) is 11.8. The first-order chi connectivity index (χ1) is 12.0. The molecule has 128 valence electrons. The Labute approximate surface area is 139 Å². The number of nitro benzene ring substituents is 2. The fourth-order valence-electron chi connectivity index (χ4n) is 2.23. The van der Waals surface area contributed by atoms with E-state index in [2.05, 4.69) is 0 Å². The lowest BCUT2D eigenvalue weighted by Crippen LogP contribution is -2.07. The van der Waals surface area contributed by atoms with Crippen LogP contribution in [-0.4, -0.2) is 22.6 Å². The topological polar surface area (TPSA) is 131 Å². The van der Waals surface area contributed by atoms with Crippen LogP contribution in [-0.2, 0) is 11.3 Å². The van der Waals surface area contributed by atoms with Crippen LogP contribution in [0.2, 0.25) is 0 Å². The Bertz CT molecular complexity index is 880. The number of carbonyl (C=O) groups is 1. The molecular formula is C15H10N2O8. The van der Waals surface area contributed by atoms with Crippen LogP contribution in [0.15, 0.2) is 36.4 Å². The smallest absolute Gasteiger partial charge is 0.338 e. The molecule has 0 saturated carbocycles. The molecule has 0 radical (unpaired) electrons. The zero-order valence-corrected chi connectivity index (χ0v) is 12.5. The molecule has 0 spiro atoms. The largest absolute Gasteiger partial charge is 0.457 e. The first kappa shape index (κ1) is 16.2. The monoisotopic (exact) mass is 346 g/mol. The van der Waals surface area contributed by atoms with Gasteiger partial charge in [-0.3, -0.25) is 20.2 Å². The zero-order valence-electron chi connectivity index (χ0n) is 12.5. The predicted molar refractivity (Wildman–Crippen MR) is 81.4 cm³/mol. The van der Waals surface area contributed by atoms with E-state index < -0.39 is 22.4 Å². The van der Waals surface area contributed by atoms with Gasteiger partial charge in [0.2, 0.25) is 6.79 Å². The molecule has 10 heteroatoms. The van der Waals surface area contributed by atoms with Gasteiger partial charge in [0, 0.05) is 12.1 Å². The summed E-state index contributed by atoms with van der Waals surface area (Å²) < 4.78 is 15.3. The number of esters is 1. The van der Waals surface area contributed by atoms with Crippen molar-refractivity contribution in [3.8, 4) is 11.5 Å². The number of nitrogens with zero attached hydrogens (tertiary/aromatic N) is 2. The summed E-state index contributed by atoms with van der Waals surface area (Å²) in [6.45, 7) is -0.447. The summed E-state index contributed by atoms with van der Waals surface area (Å²) in [6.07, 6.45) is 0. The first-order valence-electron chi connectivity index (χ1n) is 6.94. The fourth-order valence-corrected chi connectivity index (χ4v) is 2.23. The second-order valence-electron chi connectivity index (χ2n) is 4.97. The Kier molecular flexibility index (Phi) is 4.16. The highest BCUT2D eigenvalue weighted by Crippen LogP contribution is 2.38. The molecule has 10 nitrogen and oxygen atoms in total. The summed E-state index contributed by atoms with van der Waals surface area (Å²) >= 11 is 0. The van der Waals surface area contributed by atoms with Crippen molar-refractivity contribution in [3.05, 3.63) is 67.8 Å². The number of nitro groups is 2. The van der Waals surface area contributed by atoms with Gasteiger partial charge in [-0.2, -0.15) is 0 Å². The van der Waals surface area contributed by atoms with Crippen LogP contribution in [0.25, 0.3) is 0 Å². The summed E-state index contributed by atoms with van der Waals surface area (Å²) in [7, 11) is 0. The van der Waals surface area contributed by atoms with Gasteiger partial charge in [0.15, 0.2) is 11.5 Å². The summed E-state index contributed by atoms with van der Waals surface area (Å²) in [4.78, 5) is 32.7. The summed E-state index contributed by atoms with van der Waals surface area (Å²) in [5.74, 6) is -0.289. The SMILES string of the molecule is O=C(OCc1cc2c(cc1[N+](=O)[O-])OCO2)c1cccc([N+](=O)[O-])c1. The molecule has 0 N–H and O–H groups in total. The lowest BCUT2D eigenvalue weighted by Gasteiger charge is -2.07. The van der Waals surface area contributed by atoms with Crippen molar-refractivity contribution < 1.29 is 28.9 Å². The van der Waals surface area contributed by atoms with Gasteiger partial charge in [-0.25, -0.2) is 4.79 Å². The quantitative estimate of drug-likeness (QED) is 0.458. The molecule has 3 rings (SSSR count). The third-order valence-electron chi connectivity index (χ3n) is 3.42. The molecule has 0 aliphatic carbocycles. The van der Waals surface area contributed by atoms with Crippen molar-refractivity contribution in [2.45, 2.75) is 6.61 Å². The van der Waals surface area contributed by atoms with Crippen molar-refractivity contribution in [2.75, 3.05) is 6.79 Å². The van der Waals surface area contributed by atoms with Crippen molar-refractivity contribution in [1.29, 1.82) is 0 Å². The highest BCUT2D eigenvalue weighted by Gasteiger charge is 2.24. The number of ether oxygens (including phenoxy) is 3.